The van der Waals surface area contributed by atoms with Crippen molar-refractivity contribution in [2.75, 3.05) is 55.0 Å². The minimum absolute atomic E-state index is 0.0423. The first kappa shape index (κ1) is 44.2. The van der Waals surface area contributed by atoms with E-state index in [2.05, 4.69) is 69.4 Å². The van der Waals surface area contributed by atoms with Crippen LogP contribution in [-0.2, 0) is 19.2 Å². The van der Waals surface area contributed by atoms with Gasteiger partial charge in [-0.05, 0) is 127 Å². The third-order valence-corrected chi connectivity index (χ3v) is 16.5. The first-order chi connectivity index (χ1) is 26.6. The molecule has 9 unspecified atom stereocenters. The third kappa shape index (κ3) is 9.49. The average Bonchev–Trinajstić information content (AvgIpc) is 3.53. The lowest BCUT2D eigenvalue weighted by Gasteiger charge is -2.62. The molecule has 4 N–H and O–H groups in total. The number of aliphatic hydroxyl groups excluding tert-OH is 2. The maximum Gasteiger partial charge on any atom is 0.240 e. The van der Waals surface area contributed by atoms with Gasteiger partial charge in [0.05, 0.1) is 24.7 Å². The highest BCUT2D eigenvalue weighted by atomic mass is 16.7. The van der Waals surface area contributed by atoms with Crippen LogP contribution in [0.2, 0.25) is 0 Å². The molecular weight excluding hydrogens is 707 g/mol. The number of ether oxygens (including phenoxy) is 1. The van der Waals surface area contributed by atoms with Crippen LogP contribution in [0.1, 0.15) is 118 Å². The fraction of sp³-hybridized carbons (Fsp3) is 0.956. The van der Waals surface area contributed by atoms with Crippen molar-refractivity contribution in [1.82, 2.24) is 25.5 Å². The Labute approximate surface area is 339 Å². The van der Waals surface area contributed by atoms with Crippen molar-refractivity contribution in [2.45, 2.75) is 160 Å². The van der Waals surface area contributed by atoms with Crippen molar-refractivity contribution in [1.29, 1.82) is 0 Å². The van der Waals surface area contributed by atoms with E-state index >= 15 is 0 Å². The van der Waals surface area contributed by atoms with Crippen LogP contribution in [0.4, 0.5) is 0 Å². The number of fused-ring (bicyclic) bond motifs is 2. The Morgan fingerprint density at radius 2 is 1.70 bits per heavy atom. The number of hydrogen-bond acceptors (Lipinski definition) is 9. The van der Waals surface area contributed by atoms with Crippen molar-refractivity contribution in [3.63, 3.8) is 0 Å². The van der Waals surface area contributed by atoms with Crippen molar-refractivity contribution >= 4 is 11.8 Å². The summed E-state index contributed by atoms with van der Waals surface area (Å²) in [5.41, 5.74) is 0.318. The largest absolute Gasteiger partial charge is 0.394 e. The lowest BCUT2D eigenvalue weighted by atomic mass is 9.45. The molecule has 6 aliphatic carbocycles. The molecular formula is C45H81N5O6. The molecule has 7 fully saturated rings. The summed E-state index contributed by atoms with van der Waals surface area (Å²) in [6, 6.07) is -0.235. The highest BCUT2D eigenvalue weighted by molar-refractivity contribution is 5.83. The average molecular weight is 788 g/mol. The fourth-order valence-corrected chi connectivity index (χ4v) is 13.3. The van der Waals surface area contributed by atoms with Gasteiger partial charge in [-0.2, -0.15) is 5.06 Å². The number of amides is 2. The summed E-state index contributed by atoms with van der Waals surface area (Å²) in [6.45, 7) is 9.84. The lowest BCUT2D eigenvalue weighted by molar-refractivity contribution is -0.193. The topological polar surface area (TPSA) is 127 Å². The summed E-state index contributed by atoms with van der Waals surface area (Å²) in [5, 5.41) is 30.3. The smallest absolute Gasteiger partial charge is 0.240 e. The van der Waals surface area contributed by atoms with Crippen molar-refractivity contribution < 1.29 is 29.4 Å². The summed E-state index contributed by atoms with van der Waals surface area (Å²) >= 11 is 0. The second-order valence-electron chi connectivity index (χ2n) is 20.7. The summed E-state index contributed by atoms with van der Waals surface area (Å²) in [4.78, 5) is 39.7. The van der Waals surface area contributed by atoms with Crippen molar-refractivity contribution in [2.24, 2.45) is 58.7 Å². The zero-order chi connectivity index (χ0) is 40.5. The van der Waals surface area contributed by atoms with E-state index < -0.39 is 24.2 Å². The van der Waals surface area contributed by atoms with Crippen molar-refractivity contribution in [3.05, 3.63) is 0 Å². The SMILES string of the molecule is COC1C(CN2O[C@@H](CO)C(C(C)O)[C@H]2C(=O)N[C@H]2C[C@H]3C[C@@H]([C@@H]2C)C3(C)C)CCCC1C1CCC(N(C)C)C(C(=O)NC(CC2CCCCC2)CN(C)C)C1. The Morgan fingerprint density at radius 3 is 2.30 bits per heavy atom. The zero-order valence-electron chi connectivity index (χ0n) is 36.6. The number of likely N-dealkylation sites (N-methyl/N-ethyl adjacent to an activating group) is 1. The normalized spacial score (nSPS) is 40.3. The molecule has 1 aliphatic heterocycles. The number of carbonyl (C=O) groups excluding carboxylic acids is 2. The van der Waals surface area contributed by atoms with E-state index in [-0.39, 0.29) is 54.5 Å². The third-order valence-electron chi connectivity index (χ3n) is 16.5. The highest BCUT2D eigenvalue weighted by Crippen LogP contribution is 2.61. The fourth-order valence-electron chi connectivity index (χ4n) is 13.3. The number of hydrogen-bond donors (Lipinski definition) is 4. The van der Waals surface area contributed by atoms with Gasteiger partial charge in [0.25, 0.3) is 0 Å². The van der Waals surface area contributed by atoms with Crippen LogP contribution in [0.3, 0.4) is 0 Å². The van der Waals surface area contributed by atoms with Gasteiger partial charge in [-0.25, -0.2) is 0 Å². The Bertz CT molecular complexity index is 1290. The highest BCUT2D eigenvalue weighted by Gasteiger charge is 2.58. The van der Waals surface area contributed by atoms with Crippen LogP contribution in [0, 0.1) is 58.7 Å². The Kier molecular flexibility index (Phi) is 14.9. The van der Waals surface area contributed by atoms with Gasteiger partial charge in [-0.1, -0.05) is 59.3 Å². The summed E-state index contributed by atoms with van der Waals surface area (Å²) in [7, 11) is 10.3. The van der Waals surface area contributed by atoms with Gasteiger partial charge in [-0.3, -0.25) is 14.4 Å². The Balaban J connectivity index is 1.15. The van der Waals surface area contributed by atoms with Crippen LogP contribution in [-0.4, -0.2) is 134 Å². The Hall–Kier alpha value is -1.34. The predicted molar refractivity (Wildman–Crippen MR) is 220 cm³/mol. The lowest BCUT2D eigenvalue weighted by Crippen LogP contribution is -2.62. The van der Waals surface area contributed by atoms with Crippen LogP contribution in [0.15, 0.2) is 0 Å². The molecule has 0 radical (unpaired) electrons. The Morgan fingerprint density at radius 1 is 0.964 bits per heavy atom. The van der Waals surface area contributed by atoms with E-state index in [1.54, 1.807) is 12.0 Å². The van der Waals surface area contributed by atoms with Crippen LogP contribution < -0.4 is 10.6 Å². The van der Waals surface area contributed by atoms with Crippen LogP contribution >= 0.6 is 0 Å². The number of nitrogens with zero attached hydrogens (tertiary/aromatic N) is 3. The predicted octanol–water partition coefficient (Wildman–Crippen LogP) is 4.94. The summed E-state index contributed by atoms with van der Waals surface area (Å²) < 4.78 is 6.44. The second kappa shape index (κ2) is 18.9. The molecule has 15 atom stereocenters. The molecule has 6 saturated carbocycles. The van der Waals surface area contributed by atoms with Gasteiger partial charge in [0.2, 0.25) is 11.8 Å². The van der Waals surface area contributed by atoms with E-state index in [9.17, 15) is 19.8 Å². The van der Waals surface area contributed by atoms with E-state index in [1.807, 2.05) is 7.11 Å². The van der Waals surface area contributed by atoms with E-state index in [0.29, 0.717) is 47.5 Å². The standard InChI is InChI=1S/C45H81N5O6/c1-27-36-22-32(45(36,3)4)23-37(27)47-44(54)41-40(28(2)52)39(26-51)56-50(41)24-31-16-13-17-34(42(31)55-9)30-18-19-38(49(7)8)35(21-30)43(53)46-33(25-48(5)6)20-29-14-11-10-12-15-29/h27-42,51-52H,10-26H2,1-9H3,(H,46,53)(H,47,54)/t27-,28?,30?,31?,32+,33?,34?,35?,36-,37-,38?,39-,40?,41-,42?/m0/s1. The van der Waals surface area contributed by atoms with Crippen LogP contribution in [0.5, 0.6) is 0 Å². The molecule has 1 saturated heterocycles. The number of hydroxylamine groups is 2. The molecule has 0 aromatic rings. The number of carbonyl (C=O) groups is 2. The number of rotatable bonds is 15. The van der Waals surface area contributed by atoms with Gasteiger partial charge in [0.1, 0.15) is 12.1 Å². The maximum absolute atomic E-state index is 14.4. The van der Waals surface area contributed by atoms with Crippen LogP contribution in [0.25, 0.3) is 0 Å². The quantitative estimate of drug-likeness (QED) is 0.183. The van der Waals surface area contributed by atoms with Gasteiger partial charge in [0.15, 0.2) is 0 Å². The van der Waals surface area contributed by atoms with Crippen molar-refractivity contribution in [3.8, 4) is 0 Å². The molecule has 7 aliphatic rings. The molecule has 56 heavy (non-hydrogen) atoms. The first-order valence-electron chi connectivity index (χ1n) is 22.8. The molecule has 0 spiro atoms. The number of methoxy groups -OCH3 is 1. The molecule has 0 aromatic heterocycles. The van der Waals surface area contributed by atoms with Gasteiger partial charge < -0.3 is 35.4 Å². The van der Waals surface area contributed by atoms with E-state index in [0.717, 1.165) is 57.9 Å². The van der Waals surface area contributed by atoms with Gasteiger partial charge in [0, 0.05) is 50.2 Å². The summed E-state index contributed by atoms with van der Waals surface area (Å²) in [6.07, 6.45) is 14.2. The minimum atomic E-state index is -0.823. The number of aliphatic hydroxyl groups is 2. The zero-order valence-corrected chi connectivity index (χ0v) is 36.6. The second-order valence-corrected chi connectivity index (χ2v) is 20.7. The summed E-state index contributed by atoms with van der Waals surface area (Å²) in [5.74, 6) is 2.55. The molecule has 322 valence electrons. The molecule has 2 amide bonds. The molecule has 2 bridgehead atoms. The monoisotopic (exact) mass is 788 g/mol. The first-order valence-corrected chi connectivity index (χ1v) is 22.8. The number of nitrogens with one attached hydrogen (secondary N) is 2. The maximum atomic E-state index is 14.4. The van der Waals surface area contributed by atoms with Gasteiger partial charge >= 0.3 is 0 Å². The molecule has 11 nitrogen and oxygen atoms in total. The molecule has 0 aromatic carbocycles. The van der Waals surface area contributed by atoms with Gasteiger partial charge in [-0.15, -0.1) is 0 Å². The van der Waals surface area contributed by atoms with E-state index in [1.165, 1.54) is 38.5 Å². The van der Waals surface area contributed by atoms with E-state index in [4.69, 9.17) is 9.57 Å². The molecule has 7 rings (SSSR count). The molecule has 1 heterocycles. The molecule has 11 heteroatoms. The minimum Gasteiger partial charge on any atom is -0.394 e.